The van der Waals surface area contributed by atoms with Crippen LogP contribution in [0.3, 0.4) is 0 Å². The average Bonchev–Trinajstić information content (AvgIpc) is 3.28. The molecule has 0 bridgehead atoms. The fourth-order valence-corrected chi connectivity index (χ4v) is 6.27. The van der Waals surface area contributed by atoms with Crippen LogP contribution < -0.4 is 4.74 Å². The largest absolute Gasteiger partial charge is 0.489 e. The zero-order chi connectivity index (χ0) is 24.9. The molecular formula is C33H29FN2O. The number of halogens is 1. The number of hydrogen-bond donors (Lipinski definition) is 1. The SMILES string of the molecule is Cc1ccc2c3c([nH]c2c1)C(c1ccc(F)cc1)N1CCc2ccc(OCc4ccccc4)cc2C1C3. The quantitative estimate of drug-likeness (QED) is 0.285. The first-order valence-corrected chi connectivity index (χ1v) is 13.1. The van der Waals surface area contributed by atoms with Crippen molar-refractivity contribution in [1.29, 1.82) is 0 Å². The van der Waals surface area contributed by atoms with Crippen molar-refractivity contribution in [3.05, 3.63) is 136 Å². The van der Waals surface area contributed by atoms with Gasteiger partial charge < -0.3 is 9.72 Å². The zero-order valence-corrected chi connectivity index (χ0v) is 20.9. The van der Waals surface area contributed by atoms with Crippen LogP contribution in [0.2, 0.25) is 0 Å². The van der Waals surface area contributed by atoms with E-state index in [2.05, 4.69) is 65.3 Å². The van der Waals surface area contributed by atoms with E-state index in [1.165, 1.54) is 38.9 Å². The minimum atomic E-state index is -0.201. The second kappa shape index (κ2) is 8.89. The maximum Gasteiger partial charge on any atom is 0.123 e. The van der Waals surface area contributed by atoms with Gasteiger partial charge in [-0.2, -0.15) is 0 Å². The van der Waals surface area contributed by atoms with E-state index in [-0.39, 0.29) is 17.9 Å². The zero-order valence-electron chi connectivity index (χ0n) is 20.9. The Bertz CT molecular complexity index is 1590. The first kappa shape index (κ1) is 22.3. The molecule has 2 unspecified atom stereocenters. The van der Waals surface area contributed by atoms with Gasteiger partial charge in [0.25, 0.3) is 0 Å². The van der Waals surface area contributed by atoms with Gasteiger partial charge in [-0.1, -0.05) is 60.7 Å². The molecule has 0 radical (unpaired) electrons. The van der Waals surface area contributed by atoms with Gasteiger partial charge >= 0.3 is 0 Å². The highest BCUT2D eigenvalue weighted by Crippen LogP contribution is 2.48. The molecular weight excluding hydrogens is 459 g/mol. The first-order chi connectivity index (χ1) is 18.1. The van der Waals surface area contributed by atoms with Crippen LogP contribution in [0, 0.1) is 12.7 Å². The highest BCUT2D eigenvalue weighted by Gasteiger charge is 2.41. The molecule has 1 aromatic heterocycles. The number of fused-ring (bicyclic) bond motifs is 6. The number of H-pyrrole nitrogens is 1. The predicted octanol–water partition coefficient (Wildman–Crippen LogP) is 7.44. The third kappa shape index (κ3) is 3.93. The fraction of sp³-hybridized carbons (Fsp3) is 0.212. The molecule has 0 aliphatic carbocycles. The topological polar surface area (TPSA) is 28.3 Å². The number of aromatic nitrogens is 1. The summed E-state index contributed by atoms with van der Waals surface area (Å²) < 4.78 is 20.1. The Morgan fingerprint density at radius 3 is 2.62 bits per heavy atom. The van der Waals surface area contributed by atoms with Gasteiger partial charge in [-0.15, -0.1) is 0 Å². The van der Waals surface area contributed by atoms with Crippen LogP contribution >= 0.6 is 0 Å². The molecule has 4 heteroatoms. The minimum Gasteiger partial charge on any atom is -0.489 e. The van der Waals surface area contributed by atoms with E-state index < -0.39 is 0 Å². The van der Waals surface area contributed by atoms with Gasteiger partial charge in [0, 0.05) is 29.2 Å². The predicted molar refractivity (Wildman–Crippen MR) is 145 cm³/mol. The number of aryl methyl sites for hydroxylation is 1. The van der Waals surface area contributed by atoms with Crippen molar-refractivity contribution < 1.29 is 9.13 Å². The molecule has 37 heavy (non-hydrogen) atoms. The Labute approximate surface area is 216 Å². The lowest BCUT2D eigenvalue weighted by Gasteiger charge is -2.46. The van der Waals surface area contributed by atoms with E-state index in [0.717, 1.165) is 36.3 Å². The van der Waals surface area contributed by atoms with E-state index >= 15 is 0 Å². The lowest BCUT2D eigenvalue weighted by Crippen LogP contribution is -2.43. The first-order valence-electron chi connectivity index (χ1n) is 13.1. The number of nitrogens with one attached hydrogen (secondary N) is 1. The molecule has 1 N–H and O–H groups in total. The summed E-state index contributed by atoms with van der Waals surface area (Å²) in [6, 6.07) is 30.9. The maximum atomic E-state index is 13.9. The van der Waals surface area contributed by atoms with E-state index in [1.807, 2.05) is 30.3 Å². The molecule has 7 rings (SSSR count). The van der Waals surface area contributed by atoms with E-state index in [9.17, 15) is 4.39 Å². The second-order valence-electron chi connectivity index (χ2n) is 10.4. The molecule has 2 atom stereocenters. The fourth-order valence-electron chi connectivity index (χ4n) is 6.27. The summed E-state index contributed by atoms with van der Waals surface area (Å²) >= 11 is 0. The summed E-state index contributed by atoms with van der Waals surface area (Å²) in [6.45, 7) is 3.64. The summed E-state index contributed by atoms with van der Waals surface area (Å²) in [5.41, 5.74) is 10.0. The molecule has 0 amide bonds. The van der Waals surface area contributed by atoms with E-state index in [4.69, 9.17) is 4.74 Å². The van der Waals surface area contributed by atoms with Gasteiger partial charge in [0.15, 0.2) is 0 Å². The molecule has 2 aliphatic rings. The molecule has 3 heterocycles. The number of aromatic amines is 1. The van der Waals surface area contributed by atoms with Gasteiger partial charge in [-0.25, -0.2) is 4.39 Å². The average molecular weight is 489 g/mol. The summed E-state index contributed by atoms with van der Waals surface area (Å²) in [6.07, 6.45) is 1.92. The minimum absolute atomic E-state index is 0.0455. The van der Waals surface area contributed by atoms with Gasteiger partial charge in [0.2, 0.25) is 0 Å². The van der Waals surface area contributed by atoms with Crippen LogP contribution in [0.1, 0.15) is 51.2 Å². The Morgan fingerprint density at radius 1 is 0.946 bits per heavy atom. The van der Waals surface area contributed by atoms with Crippen molar-refractivity contribution in [2.24, 2.45) is 0 Å². The van der Waals surface area contributed by atoms with Crippen molar-refractivity contribution in [2.75, 3.05) is 6.54 Å². The molecule has 0 saturated carbocycles. The number of rotatable bonds is 4. The number of nitrogens with zero attached hydrogens (tertiary/aromatic N) is 1. The Morgan fingerprint density at radius 2 is 1.78 bits per heavy atom. The summed E-state index contributed by atoms with van der Waals surface area (Å²) in [4.78, 5) is 6.37. The van der Waals surface area contributed by atoms with Crippen LogP contribution in [0.5, 0.6) is 5.75 Å². The van der Waals surface area contributed by atoms with Crippen molar-refractivity contribution >= 4 is 10.9 Å². The van der Waals surface area contributed by atoms with E-state index in [1.54, 1.807) is 12.1 Å². The monoisotopic (exact) mass is 488 g/mol. The van der Waals surface area contributed by atoms with Gasteiger partial charge in [-0.3, -0.25) is 4.90 Å². The molecule has 5 aromatic rings. The molecule has 0 saturated heterocycles. The Balaban J connectivity index is 1.32. The van der Waals surface area contributed by atoms with Crippen LogP contribution in [0.15, 0.2) is 91.0 Å². The standard InChI is InChI=1S/C33H29FN2O/c1-21-7-14-27-29-19-31-28-18-26(37-20-22-5-3-2-4-6-22)13-10-23(28)15-16-36(31)33(32(29)35-30(27)17-21)24-8-11-25(34)12-9-24/h2-14,17-18,31,33,35H,15-16,19-20H2,1H3. The molecule has 184 valence electrons. The van der Waals surface area contributed by atoms with Crippen molar-refractivity contribution in [2.45, 2.75) is 38.5 Å². The lowest BCUT2D eigenvalue weighted by atomic mass is 9.81. The summed E-state index contributed by atoms with van der Waals surface area (Å²) in [7, 11) is 0. The van der Waals surface area contributed by atoms with E-state index in [0.29, 0.717) is 6.61 Å². The van der Waals surface area contributed by atoms with Crippen LogP contribution in [0.25, 0.3) is 10.9 Å². The molecule has 2 aliphatic heterocycles. The third-order valence-electron chi connectivity index (χ3n) is 8.05. The van der Waals surface area contributed by atoms with Crippen molar-refractivity contribution in [3.8, 4) is 5.75 Å². The number of hydrogen-bond acceptors (Lipinski definition) is 2. The Hall–Kier alpha value is -3.89. The van der Waals surface area contributed by atoms with Crippen LogP contribution in [0.4, 0.5) is 4.39 Å². The van der Waals surface area contributed by atoms with Crippen molar-refractivity contribution in [1.82, 2.24) is 9.88 Å². The summed E-state index contributed by atoms with van der Waals surface area (Å²) in [5.74, 6) is 0.705. The molecule has 3 nitrogen and oxygen atoms in total. The molecule has 0 fully saturated rings. The highest BCUT2D eigenvalue weighted by atomic mass is 19.1. The van der Waals surface area contributed by atoms with Gasteiger partial charge in [-0.05, 0) is 83.5 Å². The van der Waals surface area contributed by atoms with Gasteiger partial charge in [0.05, 0.1) is 6.04 Å². The smallest absolute Gasteiger partial charge is 0.123 e. The molecule has 4 aromatic carbocycles. The Kier molecular flexibility index (Phi) is 5.37. The number of benzene rings is 4. The number of ether oxygens (including phenoxy) is 1. The highest BCUT2D eigenvalue weighted by molar-refractivity contribution is 5.86. The molecule has 0 spiro atoms. The summed E-state index contributed by atoms with van der Waals surface area (Å²) in [5, 5.41) is 1.29. The van der Waals surface area contributed by atoms with Crippen LogP contribution in [-0.2, 0) is 19.4 Å². The van der Waals surface area contributed by atoms with Gasteiger partial charge in [0.1, 0.15) is 18.2 Å². The lowest BCUT2D eigenvalue weighted by molar-refractivity contribution is 0.127. The maximum absolute atomic E-state index is 13.9. The third-order valence-corrected chi connectivity index (χ3v) is 8.05. The van der Waals surface area contributed by atoms with Crippen LogP contribution in [-0.4, -0.2) is 16.4 Å². The normalized spacial score (nSPS) is 18.8. The second-order valence-corrected chi connectivity index (χ2v) is 10.4. The van der Waals surface area contributed by atoms with Crippen molar-refractivity contribution in [3.63, 3.8) is 0 Å².